The Morgan fingerprint density at radius 1 is 1.15 bits per heavy atom. The van der Waals surface area contributed by atoms with E-state index in [0.717, 1.165) is 16.9 Å². The van der Waals surface area contributed by atoms with Gasteiger partial charge in [-0.3, -0.25) is 4.98 Å². The maximum absolute atomic E-state index is 9.62. The van der Waals surface area contributed by atoms with E-state index in [0.29, 0.717) is 10.6 Å². The van der Waals surface area contributed by atoms with Crippen LogP contribution in [-0.2, 0) is 0 Å². The predicted octanol–water partition coefficient (Wildman–Crippen LogP) is 4.02. The maximum atomic E-state index is 9.62. The van der Waals surface area contributed by atoms with Gasteiger partial charge in [0.05, 0.1) is 24.4 Å². The standard InChI is InChI=1S/C19H14N4O2S/c24-16-6-1-4-14(10-16)11-21-23-17(18-7-3-9-25-18)13-26-19(23)22-15-5-2-8-20-12-15/h1-13,24H. The van der Waals surface area contributed by atoms with Crippen LogP contribution in [0.25, 0.3) is 11.5 Å². The monoisotopic (exact) mass is 362 g/mol. The van der Waals surface area contributed by atoms with E-state index >= 15 is 0 Å². The Hall–Kier alpha value is -3.45. The molecule has 0 spiro atoms. The minimum absolute atomic E-state index is 0.191. The van der Waals surface area contributed by atoms with Gasteiger partial charge in [-0.25, -0.2) is 9.67 Å². The highest BCUT2D eigenvalue weighted by Crippen LogP contribution is 2.21. The molecule has 1 N–H and O–H groups in total. The summed E-state index contributed by atoms with van der Waals surface area (Å²) in [5.74, 6) is 0.887. The van der Waals surface area contributed by atoms with Gasteiger partial charge < -0.3 is 9.52 Å². The molecular formula is C19H14N4O2S. The first-order chi connectivity index (χ1) is 12.8. The van der Waals surface area contributed by atoms with Crippen molar-refractivity contribution in [2.75, 3.05) is 0 Å². The topological polar surface area (TPSA) is 75.9 Å². The van der Waals surface area contributed by atoms with Crippen molar-refractivity contribution >= 4 is 23.2 Å². The van der Waals surface area contributed by atoms with Gasteiger partial charge in [0.15, 0.2) is 5.76 Å². The van der Waals surface area contributed by atoms with Gasteiger partial charge in [-0.05, 0) is 42.0 Å². The van der Waals surface area contributed by atoms with E-state index in [1.807, 2.05) is 35.7 Å². The van der Waals surface area contributed by atoms with Crippen LogP contribution < -0.4 is 4.80 Å². The number of phenols is 1. The molecule has 6 nitrogen and oxygen atoms in total. The normalized spacial score (nSPS) is 12.1. The molecule has 0 saturated heterocycles. The molecule has 0 aliphatic rings. The average molecular weight is 362 g/mol. The highest BCUT2D eigenvalue weighted by Gasteiger charge is 2.10. The molecule has 0 unspecified atom stereocenters. The summed E-state index contributed by atoms with van der Waals surface area (Å²) in [6.45, 7) is 0. The summed E-state index contributed by atoms with van der Waals surface area (Å²) in [4.78, 5) is 9.38. The van der Waals surface area contributed by atoms with Crippen molar-refractivity contribution in [2.45, 2.75) is 0 Å². The summed E-state index contributed by atoms with van der Waals surface area (Å²) < 4.78 is 7.22. The zero-order valence-corrected chi connectivity index (χ0v) is 14.4. The Labute approximate surface area is 153 Å². The SMILES string of the molecule is Oc1cccc(C=Nn2c(-c3ccco3)csc2=Nc2cccnc2)c1. The van der Waals surface area contributed by atoms with Crippen LogP contribution in [0.4, 0.5) is 5.69 Å². The largest absolute Gasteiger partial charge is 0.508 e. The summed E-state index contributed by atoms with van der Waals surface area (Å²) in [5, 5.41) is 16.1. The van der Waals surface area contributed by atoms with Crippen molar-refractivity contribution < 1.29 is 9.52 Å². The van der Waals surface area contributed by atoms with Gasteiger partial charge >= 0.3 is 0 Å². The summed E-state index contributed by atoms with van der Waals surface area (Å²) in [5.41, 5.74) is 2.31. The molecule has 1 aromatic carbocycles. The number of hydrogen-bond acceptors (Lipinski definition) is 6. The molecule has 3 aromatic heterocycles. The first kappa shape index (κ1) is 16.0. The zero-order chi connectivity index (χ0) is 17.8. The quantitative estimate of drug-likeness (QED) is 0.557. The molecule has 0 saturated carbocycles. The molecule has 0 radical (unpaired) electrons. The summed E-state index contributed by atoms with van der Waals surface area (Å²) in [6, 6.07) is 14.3. The molecule has 0 fully saturated rings. The number of aromatic nitrogens is 2. The third-order valence-corrected chi connectivity index (χ3v) is 4.34. The molecule has 0 aliphatic heterocycles. The van der Waals surface area contributed by atoms with Crippen LogP contribution in [0.2, 0.25) is 0 Å². The lowest BCUT2D eigenvalue weighted by Crippen LogP contribution is -2.11. The number of aromatic hydroxyl groups is 1. The fourth-order valence-corrected chi connectivity index (χ4v) is 3.18. The van der Waals surface area contributed by atoms with Gasteiger partial charge in [0.2, 0.25) is 4.80 Å². The second kappa shape index (κ2) is 7.20. The van der Waals surface area contributed by atoms with Crippen LogP contribution in [-0.4, -0.2) is 21.0 Å². The van der Waals surface area contributed by atoms with Crippen LogP contribution in [0.15, 0.2) is 87.1 Å². The number of pyridine rings is 1. The van der Waals surface area contributed by atoms with E-state index < -0.39 is 0 Å². The second-order valence-electron chi connectivity index (χ2n) is 5.36. The fourth-order valence-electron chi connectivity index (χ4n) is 2.34. The summed E-state index contributed by atoms with van der Waals surface area (Å²) >= 11 is 1.45. The molecule has 3 heterocycles. The van der Waals surface area contributed by atoms with E-state index in [2.05, 4.69) is 15.1 Å². The average Bonchev–Trinajstić information content (AvgIpc) is 3.31. The number of rotatable bonds is 4. The lowest BCUT2D eigenvalue weighted by Gasteiger charge is -2.01. The number of nitrogens with zero attached hydrogens (tertiary/aromatic N) is 4. The van der Waals surface area contributed by atoms with Gasteiger partial charge in [0.1, 0.15) is 11.4 Å². The van der Waals surface area contributed by atoms with Crippen LogP contribution in [0.5, 0.6) is 5.75 Å². The van der Waals surface area contributed by atoms with E-state index in [4.69, 9.17) is 4.42 Å². The summed E-state index contributed by atoms with van der Waals surface area (Å²) in [6.07, 6.45) is 6.68. The lowest BCUT2D eigenvalue weighted by molar-refractivity contribution is 0.475. The minimum Gasteiger partial charge on any atom is -0.508 e. The Morgan fingerprint density at radius 2 is 2.12 bits per heavy atom. The van der Waals surface area contributed by atoms with Gasteiger partial charge in [-0.2, -0.15) is 5.10 Å². The lowest BCUT2D eigenvalue weighted by atomic mass is 10.2. The van der Waals surface area contributed by atoms with Crippen LogP contribution in [0, 0.1) is 0 Å². The third kappa shape index (κ3) is 3.47. The number of furan rings is 1. The molecule has 7 heteroatoms. The molecular weight excluding hydrogens is 348 g/mol. The van der Waals surface area contributed by atoms with Gasteiger partial charge in [-0.1, -0.05) is 12.1 Å². The first-order valence-corrected chi connectivity index (χ1v) is 8.70. The van der Waals surface area contributed by atoms with Crippen LogP contribution >= 0.6 is 11.3 Å². The van der Waals surface area contributed by atoms with Crippen molar-refractivity contribution in [1.29, 1.82) is 0 Å². The molecule has 0 bridgehead atoms. The molecule has 4 aromatic rings. The van der Waals surface area contributed by atoms with Crippen molar-refractivity contribution in [3.63, 3.8) is 0 Å². The van der Waals surface area contributed by atoms with Crippen molar-refractivity contribution in [3.8, 4) is 17.2 Å². The fraction of sp³-hybridized carbons (Fsp3) is 0. The Balaban J connectivity index is 1.82. The van der Waals surface area contributed by atoms with Gasteiger partial charge in [0.25, 0.3) is 0 Å². The number of benzene rings is 1. The van der Waals surface area contributed by atoms with Crippen molar-refractivity contribution in [3.05, 3.63) is 82.9 Å². The third-order valence-electron chi connectivity index (χ3n) is 3.52. The molecule has 128 valence electrons. The van der Waals surface area contributed by atoms with E-state index in [-0.39, 0.29) is 5.75 Å². The maximum Gasteiger partial charge on any atom is 0.211 e. The van der Waals surface area contributed by atoms with E-state index in [1.165, 1.54) is 11.3 Å². The smallest absolute Gasteiger partial charge is 0.211 e. The van der Waals surface area contributed by atoms with Crippen LogP contribution in [0.3, 0.4) is 0 Å². The molecule has 0 atom stereocenters. The number of thiazole rings is 1. The Kier molecular flexibility index (Phi) is 4.44. The molecule has 0 amide bonds. The molecule has 26 heavy (non-hydrogen) atoms. The Bertz CT molecular complexity index is 1100. The second-order valence-corrected chi connectivity index (χ2v) is 6.19. The number of hydrogen-bond donors (Lipinski definition) is 1. The van der Waals surface area contributed by atoms with E-state index in [9.17, 15) is 5.11 Å². The summed E-state index contributed by atoms with van der Waals surface area (Å²) in [7, 11) is 0. The van der Waals surface area contributed by atoms with Gasteiger partial charge in [0, 0.05) is 11.6 Å². The minimum atomic E-state index is 0.191. The predicted molar refractivity (Wildman–Crippen MR) is 101 cm³/mol. The molecule has 4 rings (SSSR count). The van der Waals surface area contributed by atoms with Crippen molar-refractivity contribution in [2.24, 2.45) is 10.1 Å². The van der Waals surface area contributed by atoms with Gasteiger partial charge in [-0.15, -0.1) is 11.3 Å². The van der Waals surface area contributed by atoms with Crippen LogP contribution in [0.1, 0.15) is 5.56 Å². The highest BCUT2D eigenvalue weighted by molar-refractivity contribution is 7.07. The molecule has 0 aliphatic carbocycles. The van der Waals surface area contributed by atoms with Crippen molar-refractivity contribution in [1.82, 2.24) is 9.66 Å². The first-order valence-electron chi connectivity index (χ1n) is 7.82. The number of phenolic OH excluding ortho intramolecular Hbond substituents is 1. The zero-order valence-electron chi connectivity index (χ0n) is 13.6. The van der Waals surface area contributed by atoms with E-state index in [1.54, 1.807) is 47.7 Å². The highest BCUT2D eigenvalue weighted by atomic mass is 32.1. The Morgan fingerprint density at radius 3 is 2.88 bits per heavy atom.